The molecule has 0 atom stereocenters. The molecule has 230 valence electrons. The van der Waals surface area contributed by atoms with Crippen molar-refractivity contribution in [2.45, 2.75) is 37.5 Å². The number of hydrogen-bond acceptors (Lipinski definition) is 6. The van der Waals surface area contributed by atoms with Crippen molar-refractivity contribution in [1.82, 2.24) is 10.6 Å². The van der Waals surface area contributed by atoms with Gasteiger partial charge in [-0.15, -0.1) is 0 Å². The van der Waals surface area contributed by atoms with Crippen molar-refractivity contribution in [1.29, 1.82) is 0 Å². The van der Waals surface area contributed by atoms with Crippen LogP contribution < -0.4 is 20.1 Å². The second kappa shape index (κ2) is 13.3. The largest absolute Gasteiger partial charge is 0.350 e. The monoisotopic (exact) mass is 634 g/mol. The minimum Gasteiger partial charge on any atom is -0.350 e. The lowest BCUT2D eigenvalue weighted by atomic mass is 10.1. The average Bonchev–Trinajstić information content (AvgIpc) is 2.98. The first kappa shape index (κ1) is 32.2. The number of hydrogen-bond donors (Lipinski definition) is 4. The Morgan fingerprint density at radius 1 is 0.545 bits per heavy atom. The van der Waals surface area contributed by atoms with Crippen molar-refractivity contribution >= 4 is 43.2 Å². The second-order valence-electron chi connectivity index (χ2n) is 10.4. The molecule has 4 aromatic rings. The highest BCUT2D eigenvalue weighted by Crippen LogP contribution is 2.23. The first-order valence-corrected chi connectivity index (χ1v) is 16.7. The summed E-state index contributed by atoms with van der Waals surface area (Å²) in [7, 11) is -7.88. The van der Waals surface area contributed by atoms with Crippen LogP contribution in [-0.4, -0.2) is 41.7 Å². The van der Waals surface area contributed by atoms with Crippen LogP contribution in [-0.2, 0) is 20.0 Å². The van der Waals surface area contributed by atoms with Crippen molar-refractivity contribution in [2.75, 3.05) is 22.5 Å². The Balaban J connectivity index is 1.33. The van der Waals surface area contributed by atoms with Gasteiger partial charge < -0.3 is 10.6 Å². The minimum atomic E-state index is -3.94. The van der Waals surface area contributed by atoms with Crippen molar-refractivity contribution < 1.29 is 26.4 Å². The maximum atomic E-state index is 13.0. The molecule has 0 aliphatic rings. The van der Waals surface area contributed by atoms with E-state index >= 15 is 0 Å². The molecular weight excluding hydrogens is 601 g/mol. The summed E-state index contributed by atoms with van der Waals surface area (Å²) < 4.78 is 56.9. The molecule has 0 aliphatic heterocycles. The minimum absolute atomic E-state index is 0.0502. The number of nitrogens with one attached hydrogen (secondary N) is 4. The van der Waals surface area contributed by atoms with Crippen molar-refractivity contribution in [3.63, 3.8) is 0 Å². The van der Waals surface area contributed by atoms with Gasteiger partial charge in [-0.25, -0.2) is 16.8 Å². The van der Waals surface area contributed by atoms with Gasteiger partial charge in [0.15, 0.2) is 0 Å². The normalized spacial score (nSPS) is 11.5. The van der Waals surface area contributed by atoms with Gasteiger partial charge in [0, 0.05) is 24.2 Å². The van der Waals surface area contributed by atoms with Crippen molar-refractivity contribution in [3.8, 4) is 0 Å². The van der Waals surface area contributed by atoms with Crippen LogP contribution in [0.4, 0.5) is 11.4 Å². The SMILES string of the molecule is Cc1ccc(NS(=O)(=O)c2cccc(C(=O)NCCNC(=O)c3cccc(S(=O)(=O)Nc4ccc(C)cc4C)c3)c2)c(C)c1. The van der Waals surface area contributed by atoms with Gasteiger partial charge in [-0.1, -0.05) is 47.5 Å². The number of sulfonamides is 2. The summed E-state index contributed by atoms with van der Waals surface area (Å²) in [5, 5.41) is 5.29. The Morgan fingerprint density at radius 2 is 0.932 bits per heavy atom. The van der Waals surface area contributed by atoms with E-state index in [-0.39, 0.29) is 34.0 Å². The van der Waals surface area contributed by atoms with E-state index in [1.165, 1.54) is 48.5 Å². The Labute approximate surface area is 258 Å². The standard InChI is InChI=1S/C32H34N4O6S2/c1-21-11-13-29(23(3)17-21)35-43(39,40)27-9-5-7-25(19-27)31(37)33-15-16-34-32(38)26-8-6-10-28(20-26)44(41,42)36-30-14-12-22(2)18-24(30)4/h5-14,17-20,35-36H,15-16H2,1-4H3,(H,33,37)(H,34,38). The number of amides is 2. The molecule has 0 aromatic heterocycles. The third-order valence-corrected chi connectivity index (χ3v) is 9.49. The summed E-state index contributed by atoms with van der Waals surface area (Å²) in [6.45, 7) is 7.53. The Kier molecular flexibility index (Phi) is 9.75. The zero-order chi connectivity index (χ0) is 32.1. The molecule has 0 saturated heterocycles. The number of carbonyl (C=O) groups is 2. The van der Waals surface area contributed by atoms with Gasteiger partial charge in [-0.05, 0) is 87.4 Å². The highest BCUT2D eigenvalue weighted by molar-refractivity contribution is 7.93. The molecule has 2 amide bonds. The van der Waals surface area contributed by atoms with Gasteiger partial charge in [0.25, 0.3) is 31.9 Å². The molecule has 0 unspecified atom stereocenters. The number of aryl methyl sites for hydroxylation is 4. The average molecular weight is 635 g/mol. The Morgan fingerprint density at radius 3 is 1.30 bits per heavy atom. The molecule has 4 N–H and O–H groups in total. The molecule has 0 radical (unpaired) electrons. The van der Waals surface area contributed by atoms with Gasteiger partial charge in [-0.2, -0.15) is 0 Å². The zero-order valence-electron chi connectivity index (χ0n) is 24.8. The van der Waals surface area contributed by atoms with Crippen LogP contribution >= 0.6 is 0 Å². The summed E-state index contributed by atoms with van der Waals surface area (Å²) in [5.41, 5.74) is 4.71. The maximum absolute atomic E-state index is 13.0. The lowest BCUT2D eigenvalue weighted by Gasteiger charge is -2.13. The van der Waals surface area contributed by atoms with Crippen LogP contribution in [0.2, 0.25) is 0 Å². The first-order chi connectivity index (χ1) is 20.7. The molecule has 10 nitrogen and oxygen atoms in total. The van der Waals surface area contributed by atoms with E-state index in [1.807, 2.05) is 26.0 Å². The number of rotatable bonds is 11. The van der Waals surface area contributed by atoms with Crippen LogP contribution in [0.25, 0.3) is 0 Å². The first-order valence-electron chi connectivity index (χ1n) is 13.7. The van der Waals surface area contributed by atoms with Crippen molar-refractivity contribution in [2.24, 2.45) is 0 Å². The van der Waals surface area contributed by atoms with E-state index in [9.17, 15) is 26.4 Å². The summed E-state index contributed by atoms with van der Waals surface area (Å²) >= 11 is 0. The number of anilines is 2. The third-order valence-electron chi connectivity index (χ3n) is 6.76. The lowest BCUT2D eigenvalue weighted by molar-refractivity contribution is 0.0927. The van der Waals surface area contributed by atoms with Gasteiger partial charge in [0.1, 0.15) is 0 Å². The van der Waals surface area contributed by atoms with E-state index in [2.05, 4.69) is 20.1 Å². The smallest absolute Gasteiger partial charge is 0.261 e. The highest BCUT2D eigenvalue weighted by Gasteiger charge is 2.19. The summed E-state index contributed by atoms with van der Waals surface area (Å²) in [6.07, 6.45) is 0. The number of carbonyl (C=O) groups excluding carboxylic acids is 2. The van der Waals surface area contributed by atoms with Gasteiger partial charge in [-0.3, -0.25) is 19.0 Å². The molecule has 44 heavy (non-hydrogen) atoms. The quantitative estimate of drug-likeness (QED) is 0.176. The van der Waals surface area contributed by atoms with E-state index < -0.39 is 31.9 Å². The topological polar surface area (TPSA) is 151 Å². The summed E-state index contributed by atoms with van der Waals surface area (Å²) in [4.78, 5) is 25.3. The fraction of sp³-hybridized carbons (Fsp3) is 0.188. The van der Waals surface area contributed by atoms with Crippen LogP contribution in [0.15, 0.2) is 94.7 Å². The molecule has 0 bridgehead atoms. The molecule has 0 fully saturated rings. The van der Waals surface area contributed by atoms with Crippen LogP contribution in [0.5, 0.6) is 0 Å². The lowest BCUT2D eigenvalue weighted by Crippen LogP contribution is -2.34. The summed E-state index contributed by atoms with van der Waals surface area (Å²) in [6, 6.07) is 22.0. The van der Waals surface area contributed by atoms with E-state index in [0.717, 1.165) is 22.3 Å². The Hall–Kier alpha value is -4.68. The van der Waals surface area contributed by atoms with Gasteiger partial charge in [0.05, 0.1) is 21.2 Å². The van der Waals surface area contributed by atoms with Crippen LogP contribution in [0, 0.1) is 27.7 Å². The molecule has 12 heteroatoms. The fourth-order valence-electron chi connectivity index (χ4n) is 4.43. The zero-order valence-corrected chi connectivity index (χ0v) is 26.4. The molecule has 0 saturated carbocycles. The fourth-order valence-corrected chi connectivity index (χ4v) is 6.78. The van der Waals surface area contributed by atoms with E-state index in [4.69, 9.17) is 0 Å². The number of benzene rings is 4. The molecule has 0 heterocycles. The van der Waals surface area contributed by atoms with Crippen LogP contribution in [0.3, 0.4) is 0 Å². The molecule has 4 aromatic carbocycles. The predicted octanol–water partition coefficient (Wildman–Crippen LogP) is 4.68. The summed E-state index contributed by atoms with van der Waals surface area (Å²) in [5.74, 6) is -1.04. The van der Waals surface area contributed by atoms with Gasteiger partial charge >= 0.3 is 0 Å². The highest BCUT2D eigenvalue weighted by atomic mass is 32.2. The maximum Gasteiger partial charge on any atom is 0.261 e. The molecule has 4 rings (SSSR count). The molecular formula is C32H34N4O6S2. The van der Waals surface area contributed by atoms with Crippen LogP contribution in [0.1, 0.15) is 43.0 Å². The van der Waals surface area contributed by atoms with E-state index in [1.54, 1.807) is 38.1 Å². The van der Waals surface area contributed by atoms with E-state index in [0.29, 0.717) is 11.4 Å². The second-order valence-corrected chi connectivity index (χ2v) is 13.8. The van der Waals surface area contributed by atoms with Crippen molar-refractivity contribution in [3.05, 3.63) is 118 Å². The van der Waals surface area contributed by atoms with Gasteiger partial charge in [0.2, 0.25) is 0 Å². The predicted molar refractivity (Wildman–Crippen MR) is 171 cm³/mol. The Bertz CT molecular complexity index is 1800. The molecule has 0 spiro atoms. The third kappa shape index (κ3) is 8.03. The molecule has 0 aliphatic carbocycles.